The maximum Gasteiger partial charge on any atom is 0.284 e. The van der Waals surface area contributed by atoms with Crippen molar-refractivity contribution in [1.29, 1.82) is 0 Å². The number of nitro benzene ring substituents is 1. The Hall–Kier alpha value is -1.65. The van der Waals surface area contributed by atoms with E-state index in [1.54, 1.807) is 24.3 Å². The molecule has 0 radical (unpaired) electrons. The van der Waals surface area contributed by atoms with E-state index in [1.807, 2.05) is 14.1 Å². The minimum atomic E-state index is -3.80. The number of hydrogen-bond acceptors (Lipinski definition) is 5. The molecule has 7 nitrogen and oxygen atoms in total. The first-order valence-corrected chi connectivity index (χ1v) is 10.4. The van der Waals surface area contributed by atoms with Gasteiger partial charge in [-0.2, -0.15) is 0 Å². The van der Waals surface area contributed by atoms with E-state index < -0.39 is 14.9 Å². The Kier molecular flexibility index (Phi) is 7.01. The van der Waals surface area contributed by atoms with Gasteiger partial charge in [0, 0.05) is 16.0 Å². The van der Waals surface area contributed by atoms with Gasteiger partial charge in [0.15, 0.2) is 0 Å². The van der Waals surface area contributed by atoms with Crippen molar-refractivity contribution < 1.29 is 18.2 Å². The number of hydrogen-bond donors (Lipinski definition) is 2. The molecule has 10 heteroatoms. The van der Waals surface area contributed by atoms with E-state index in [4.69, 9.17) is 11.6 Å². The monoisotopic (exact) mass is 416 g/mol. The van der Waals surface area contributed by atoms with E-state index in [-0.39, 0.29) is 17.1 Å². The van der Waals surface area contributed by atoms with Crippen LogP contribution in [0.1, 0.15) is 0 Å². The highest BCUT2D eigenvalue weighted by Gasteiger charge is 2.22. The zero-order valence-corrected chi connectivity index (χ0v) is 16.6. The maximum atomic E-state index is 12.3. The van der Waals surface area contributed by atoms with E-state index in [2.05, 4.69) is 4.72 Å². The van der Waals surface area contributed by atoms with E-state index in [1.165, 1.54) is 23.9 Å². The summed E-state index contributed by atoms with van der Waals surface area (Å²) in [4.78, 5) is 12.9. The Labute approximate surface area is 161 Å². The molecule has 0 saturated carbocycles. The van der Waals surface area contributed by atoms with Crippen molar-refractivity contribution in [2.75, 3.05) is 27.2 Å². The van der Waals surface area contributed by atoms with Crippen LogP contribution in [0.4, 0.5) is 5.69 Å². The van der Waals surface area contributed by atoms with Crippen molar-refractivity contribution in [3.8, 4) is 0 Å². The van der Waals surface area contributed by atoms with Gasteiger partial charge >= 0.3 is 0 Å². The van der Waals surface area contributed by atoms with E-state index in [0.717, 1.165) is 15.9 Å². The lowest BCUT2D eigenvalue weighted by Crippen LogP contribution is -3.06. The molecule has 2 N–H and O–H groups in total. The van der Waals surface area contributed by atoms with Gasteiger partial charge in [0.1, 0.15) is 0 Å². The number of halogens is 1. The van der Waals surface area contributed by atoms with Gasteiger partial charge in [-0.15, -0.1) is 0 Å². The Morgan fingerprint density at radius 2 is 1.85 bits per heavy atom. The lowest BCUT2D eigenvalue weighted by molar-refractivity contribution is -0.856. The van der Waals surface area contributed by atoms with Crippen molar-refractivity contribution >= 4 is 39.1 Å². The molecule has 0 atom stereocenters. The van der Waals surface area contributed by atoms with E-state index in [0.29, 0.717) is 16.5 Å². The molecule has 0 aliphatic heterocycles. The molecule has 140 valence electrons. The number of nitrogens with one attached hydrogen (secondary N) is 2. The fourth-order valence-electron chi connectivity index (χ4n) is 2.04. The fourth-order valence-corrected chi connectivity index (χ4v) is 4.12. The van der Waals surface area contributed by atoms with Crippen LogP contribution in [0.5, 0.6) is 0 Å². The molecule has 0 saturated heterocycles. The van der Waals surface area contributed by atoms with Gasteiger partial charge in [-0.3, -0.25) is 10.1 Å². The zero-order valence-electron chi connectivity index (χ0n) is 14.2. The molecule has 0 amide bonds. The van der Waals surface area contributed by atoms with Crippen LogP contribution in [0.3, 0.4) is 0 Å². The Balaban J connectivity index is 2.27. The molecular formula is C16H19ClN3O4S2+. The first-order chi connectivity index (χ1) is 12.2. The van der Waals surface area contributed by atoms with Gasteiger partial charge in [-0.25, -0.2) is 13.1 Å². The molecular weight excluding hydrogens is 398 g/mol. The van der Waals surface area contributed by atoms with Gasteiger partial charge in [0.2, 0.25) is 10.0 Å². The number of rotatable bonds is 8. The second-order valence-corrected chi connectivity index (χ2v) is 9.12. The maximum absolute atomic E-state index is 12.3. The molecule has 0 unspecified atom stereocenters. The third-order valence-corrected chi connectivity index (χ3v) is 6.18. The van der Waals surface area contributed by atoms with Crippen LogP contribution in [0.2, 0.25) is 5.02 Å². The fraction of sp³-hybridized carbons (Fsp3) is 0.250. The van der Waals surface area contributed by atoms with Crippen LogP contribution in [0.15, 0.2) is 57.2 Å². The quantitative estimate of drug-likeness (QED) is 0.505. The average molecular weight is 417 g/mol. The molecule has 0 aromatic heterocycles. The van der Waals surface area contributed by atoms with Gasteiger partial charge in [0.05, 0.1) is 41.9 Å². The van der Waals surface area contributed by atoms with Crippen LogP contribution < -0.4 is 9.62 Å². The third kappa shape index (κ3) is 5.68. The van der Waals surface area contributed by atoms with Crippen LogP contribution >= 0.6 is 23.4 Å². The van der Waals surface area contributed by atoms with Gasteiger partial charge < -0.3 is 4.90 Å². The van der Waals surface area contributed by atoms with Crippen molar-refractivity contribution in [3.05, 3.63) is 57.6 Å². The summed E-state index contributed by atoms with van der Waals surface area (Å²) in [5.41, 5.74) is -0.258. The van der Waals surface area contributed by atoms with E-state index in [9.17, 15) is 18.5 Å². The molecule has 0 fully saturated rings. The summed E-state index contributed by atoms with van der Waals surface area (Å²) >= 11 is 7.01. The molecule has 0 bridgehead atoms. The standard InChI is InChI=1S/C16H18ClN3O4S2/c1-19(2)10-9-18-26(23,24)14-7-8-16(15(11-14)20(21)22)25-13-5-3-12(17)4-6-13/h3-8,11,18H,9-10H2,1-2H3/p+1. The lowest BCUT2D eigenvalue weighted by Gasteiger charge is -2.10. The van der Waals surface area contributed by atoms with Crippen molar-refractivity contribution in [2.24, 2.45) is 0 Å². The second-order valence-electron chi connectivity index (χ2n) is 5.80. The topological polar surface area (TPSA) is 93.8 Å². The normalized spacial score (nSPS) is 11.7. The lowest BCUT2D eigenvalue weighted by atomic mass is 10.3. The molecule has 26 heavy (non-hydrogen) atoms. The minimum absolute atomic E-state index is 0.126. The molecule has 0 heterocycles. The SMILES string of the molecule is C[NH+](C)CCNS(=O)(=O)c1ccc(Sc2ccc(Cl)cc2)c([N+](=O)[O-])c1. The first-order valence-electron chi connectivity index (χ1n) is 7.69. The molecule has 2 aromatic rings. The number of likely N-dealkylation sites (N-methyl/N-ethyl adjacent to an activating group) is 1. The number of nitro groups is 1. The van der Waals surface area contributed by atoms with Crippen LogP contribution in [0, 0.1) is 10.1 Å². The summed E-state index contributed by atoms with van der Waals surface area (Å²) in [7, 11) is 0.00768. The average Bonchev–Trinajstić information content (AvgIpc) is 2.56. The predicted molar refractivity (Wildman–Crippen MR) is 102 cm³/mol. The van der Waals surface area contributed by atoms with E-state index >= 15 is 0 Å². The number of nitrogens with zero attached hydrogens (tertiary/aromatic N) is 1. The van der Waals surface area contributed by atoms with Crippen molar-refractivity contribution in [2.45, 2.75) is 14.7 Å². The Bertz CT molecular complexity index is 887. The number of benzene rings is 2. The number of sulfonamides is 1. The summed E-state index contributed by atoms with van der Waals surface area (Å²) < 4.78 is 27.1. The van der Waals surface area contributed by atoms with Gasteiger partial charge in [-0.05, 0) is 36.4 Å². The summed E-state index contributed by atoms with van der Waals surface area (Å²) in [5.74, 6) is 0. The summed E-state index contributed by atoms with van der Waals surface area (Å²) in [5, 5.41) is 12.0. The molecule has 0 aliphatic rings. The highest BCUT2D eigenvalue weighted by Crippen LogP contribution is 2.36. The van der Waals surface area contributed by atoms with Crippen LogP contribution in [-0.2, 0) is 10.0 Å². The smallest absolute Gasteiger partial charge is 0.284 e. The van der Waals surface area contributed by atoms with Gasteiger partial charge in [-0.1, -0.05) is 23.4 Å². The molecule has 0 spiro atoms. The predicted octanol–water partition coefficient (Wildman–Crippen LogP) is 1.82. The molecule has 2 rings (SSSR count). The van der Waals surface area contributed by atoms with Gasteiger partial charge in [0.25, 0.3) is 5.69 Å². The summed E-state index contributed by atoms with van der Waals surface area (Å²) in [6.07, 6.45) is 0. The third-order valence-electron chi connectivity index (χ3n) is 3.40. The molecule has 2 aromatic carbocycles. The zero-order chi connectivity index (χ0) is 19.3. The highest BCUT2D eigenvalue weighted by molar-refractivity contribution is 7.99. The second kappa shape index (κ2) is 8.83. The van der Waals surface area contributed by atoms with Crippen LogP contribution in [0.25, 0.3) is 0 Å². The van der Waals surface area contributed by atoms with Crippen molar-refractivity contribution in [1.82, 2.24) is 4.72 Å². The highest BCUT2D eigenvalue weighted by atomic mass is 35.5. The van der Waals surface area contributed by atoms with Crippen molar-refractivity contribution in [3.63, 3.8) is 0 Å². The largest absolute Gasteiger partial charge is 0.339 e. The summed E-state index contributed by atoms with van der Waals surface area (Å²) in [6, 6.07) is 10.8. The van der Waals surface area contributed by atoms with Crippen LogP contribution in [-0.4, -0.2) is 40.5 Å². The number of quaternary nitrogens is 1. The Morgan fingerprint density at radius 3 is 2.42 bits per heavy atom. The summed E-state index contributed by atoms with van der Waals surface area (Å²) in [6.45, 7) is 0.853. The Morgan fingerprint density at radius 1 is 1.19 bits per heavy atom. The first kappa shape index (κ1) is 20.7. The minimum Gasteiger partial charge on any atom is -0.339 e. The molecule has 0 aliphatic carbocycles.